The van der Waals surface area contributed by atoms with E-state index in [-0.39, 0.29) is 23.7 Å². The minimum atomic E-state index is -0.780. The summed E-state index contributed by atoms with van der Waals surface area (Å²) in [6.45, 7) is 3.81. The Labute approximate surface area is 114 Å². The van der Waals surface area contributed by atoms with E-state index in [1.54, 1.807) is 4.90 Å². The smallest absolute Gasteiger partial charge is 0.303 e. The predicted molar refractivity (Wildman–Crippen MR) is 71.4 cm³/mol. The normalized spacial score (nSPS) is 31.9. The number of amides is 1. The van der Waals surface area contributed by atoms with Crippen LogP contribution in [-0.2, 0) is 9.59 Å². The van der Waals surface area contributed by atoms with Gasteiger partial charge in [0.15, 0.2) is 0 Å². The Kier molecular flexibility index (Phi) is 4.13. The molecule has 1 heterocycles. The van der Waals surface area contributed by atoms with Gasteiger partial charge in [0.2, 0.25) is 5.91 Å². The van der Waals surface area contributed by atoms with Crippen LogP contribution in [0.3, 0.4) is 0 Å². The molecular formula is C14H24N2O3. The van der Waals surface area contributed by atoms with Crippen molar-refractivity contribution >= 4 is 11.9 Å². The Morgan fingerprint density at radius 3 is 2.37 bits per heavy atom. The minimum absolute atomic E-state index is 0.124. The largest absolute Gasteiger partial charge is 0.481 e. The summed E-state index contributed by atoms with van der Waals surface area (Å²) >= 11 is 0. The maximum Gasteiger partial charge on any atom is 0.303 e. The molecule has 1 saturated heterocycles. The van der Waals surface area contributed by atoms with Crippen molar-refractivity contribution in [3.8, 4) is 0 Å². The van der Waals surface area contributed by atoms with Crippen LogP contribution in [0.4, 0.5) is 0 Å². The average molecular weight is 268 g/mol. The van der Waals surface area contributed by atoms with Gasteiger partial charge in [-0.25, -0.2) is 0 Å². The molecule has 0 aromatic rings. The fourth-order valence-electron chi connectivity index (χ4n) is 3.27. The number of carbonyl (C=O) groups excluding carboxylic acids is 1. The topological polar surface area (TPSA) is 83.6 Å². The fourth-order valence-corrected chi connectivity index (χ4v) is 3.27. The molecule has 5 nitrogen and oxygen atoms in total. The first-order chi connectivity index (χ1) is 8.97. The number of aliphatic carboxylic acids is 1. The molecule has 1 aliphatic heterocycles. The minimum Gasteiger partial charge on any atom is -0.481 e. The van der Waals surface area contributed by atoms with Crippen molar-refractivity contribution in [1.29, 1.82) is 0 Å². The first-order valence-electron chi connectivity index (χ1n) is 7.18. The van der Waals surface area contributed by atoms with Crippen molar-refractivity contribution in [3.05, 3.63) is 0 Å². The van der Waals surface area contributed by atoms with Gasteiger partial charge in [-0.2, -0.15) is 0 Å². The van der Waals surface area contributed by atoms with E-state index in [1.807, 2.05) is 0 Å². The van der Waals surface area contributed by atoms with E-state index in [2.05, 4.69) is 6.92 Å². The van der Waals surface area contributed by atoms with Crippen LogP contribution in [0.1, 0.15) is 39.0 Å². The van der Waals surface area contributed by atoms with Crippen LogP contribution in [0.5, 0.6) is 0 Å². The number of likely N-dealkylation sites (tertiary alicyclic amines) is 1. The molecule has 0 spiro atoms. The molecule has 108 valence electrons. The Morgan fingerprint density at radius 1 is 1.32 bits per heavy atom. The Hall–Kier alpha value is -1.10. The van der Waals surface area contributed by atoms with Crippen molar-refractivity contribution in [2.75, 3.05) is 19.6 Å². The van der Waals surface area contributed by atoms with Crippen molar-refractivity contribution < 1.29 is 14.7 Å². The molecule has 3 N–H and O–H groups in total. The van der Waals surface area contributed by atoms with E-state index < -0.39 is 5.97 Å². The molecule has 0 aromatic carbocycles. The fraction of sp³-hybridized carbons (Fsp3) is 0.857. The van der Waals surface area contributed by atoms with Gasteiger partial charge in [0, 0.05) is 25.6 Å². The molecule has 2 fully saturated rings. The highest BCUT2D eigenvalue weighted by Crippen LogP contribution is 2.41. The zero-order valence-corrected chi connectivity index (χ0v) is 11.6. The number of hydrogen-bond acceptors (Lipinski definition) is 3. The van der Waals surface area contributed by atoms with E-state index in [0.29, 0.717) is 25.6 Å². The molecule has 0 radical (unpaired) electrons. The number of hydrogen-bond donors (Lipinski definition) is 2. The molecule has 2 rings (SSSR count). The Bertz CT molecular complexity index is 356. The van der Waals surface area contributed by atoms with E-state index in [9.17, 15) is 9.59 Å². The van der Waals surface area contributed by atoms with Crippen LogP contribution >= 0.6 is 0 Å². The second-order valence-electron chi connectivity index (χ2n) is 6.34. The summed E-state index contributed by atoms with van der Waals surface area (Å²) in [5.41, 5.74) is 5.50. The summed E-state index contributed by atoms with van der Waals surface area (Å²) in [6, 6.07) is 0. The summed E-state index contributed by atoms with van der Waals surface area (Å²) in [5.74, 6) is 0.183. The summed E-state index contributed by atoms with van der Waals surface area (Å²) in [7, 11) is 0. The summed E-state index contributed by atoms with van der Waals surface area (Å²) in [4.78, 5) is 25.0. The molecule has 5 heteroatoms. The molecule has 0 aromatic heterocycles. The SMILES string of the molecule is CC1CCC(CN)(C(=O)N2CC(CC(=O)O)C2)CC1. The van der Waals surface area contributed by atoms with Gasteiger partial charge < -0.3 is 15.7 Å². The molecule has 1 amide bonds. The van der Waals surface area contributed by atoms with Gasteiger partial charge in [0.25, 0.3) is 0 Å². The summed E-state index contributed by atoms with van der Waals surface area (Å²) < 4.78 is 0. The Morgan fingerprint density at radius 2 is 1.89 bits per heavy atom. The molecule has 2 aliphatic rings. The van der Waals surface area contributed by atoms with E-state index >= 15 is 0 Å². The number of rotatable bonds is 4. The Balaban J connectivity index is 1.90. The second kappa shape index (κ2) is 5.49. The van der Waals surface area contributed by atoms with Crippen molar-refractivity contribution in [2.45, 2.75) is 39.0 Å². The van der Waals surface area contributed by atoms with Crippen LogP contribution < -0.4 is 5.73 Å². The highest BCUT2D eigenvalue weighted by Gasteiger charge is 2.45. The molecule has 19 heavy (non-hydrogen) atoms. The third-order valence-corrected chi connectivity index (χ3v) is 4.78. The number of carbonyl (C=O) groups is 2. The van der Waals surface area contributed by atoms with E-state index in [1.165, 1.54) is 0 Å². The molecule has 1 aliphatic carbocycles. The van der Waals surface area contributed by atoms with Gasteiger partial charge in [-0.3, -0.25) is 9.59 Å². The van der Waals surface area contributed by atoms with Gasteiger partial charge in [0.1, 0.15) is 0 Å². The van der Waals surface area contributed by atoms with Crippen LogP contribution in [0.15, 0.2) is 0 Å². The van der Waals surface area contributed by atoms with E-state index in [0.717, 1.165) is 25.7 Å². The number of carboxylic acids is 1. The first kappa shape index (κ1) is 14.3. The van der Waals surface area contributed by atoms with Gasteiger partial charge in [-0.15, -0.1) is 0 Å². The van der Waals surface area contributed by atoms with E-state index in [4.69, 9.17) is 10.8 Å². The standard InChI is InChI=1S/C14H24N2O3/c1-10-2-4-14(9-15,5-3-10)13(19)16-7-11(8-16)6-12(17)18/h10-11H,2-9,15H2,1H3,(H,17,18). The monoisotopic (exact) mass is 268 g/mol. The number of nitrogens with two attached hydrogens (primary N) is 1. The summed E-state index contributed by atoms with van der Waals surface area (Å²) in [5, 5.41) is 8.73. The first-order valence-corrected chi connectivity index (χ1v) is 7.18. The van der Waals surface area contributed by atoms with Gasteiger partial charge in [0.05, 0.1) is 11.8 Å². The zero-order valence-electron chi connectivity index (χ0n) is 11.6. The van der Waals surface area contributed by atoms with Gasteiger partial charge >= 0.3 is 5.97 Å². The maximum absolute atomic E-state index is 12.6. The molecular weight excluding hydrogens is 244 g/mol. The molecule has 0 atom stereocenters. The third kappa shape index (κ3) is 2.91. The van der Waals surface area contributed by atoms with Gasteiger partial charge in [-0.05, 0) is 31.6 Å². The van der Waals surface area contributed by atoms with Gasteiger partial charge in [-0.1, -0.05) is 6.92 Å². The van der Waals surface area contributed by atoms with Crippen LogP contribution in [0, 0.1) is 17.3 Å². The van der Waals surface area contributed by atoms with Crippen LogP contribution in [0.2, 0.25) is 0 Å². The zero-order chi connectivity index (χ0) is 14.0. The lowest BCUT2D eigenvalue weighted by atomic mass is 9.69. The quantitative estimate of drug-likeness (QED) is 0.799. The predicted octanol–water partition coefficient (Wildman–Crippen LogP) is 1.07. The van der Waals surface area contributed by atoms with Crippen molar-refractivity contribution in [2.24, 2.45) is 23.0 Å². The summed E-state index contributed by atoms with van der Waals surface area (Å²) in [6.07, 6.45) is 4.05. The lowest BCUT2D eigenvalue weighted by Gasteiger charge is -2.46. The highest BCUT2D eigenvalue weighted by molar-refractivity contribution is 5.84. The third-order valence-electron chi connectivity index (χ3n) is 4.78. The number of nitrogens with zero attached hydrogens (tertiary/aromatic N) is 1. The highest BCUT2D eigenvalue weighted by atomic mass is 16.4. The lowest BCUT2D eigenvalue weighted by molar-refractivity contribution is -0.154. The number of carboxylic acid groups (broad SMARTS) is 1. The molecule has 0 unspecified atom stereocenters. The molecule has 0 bridgehead atoms. The maximum atomic E-state index is 12.6. The van der Waals surface area contributed by atoms with Crippen LogP contribution in [-0.4, -0.2) is 41.5 Å². The van der Waals surface area contributed by atoms with Crippen molar-refractivity contribution in [3.63, 3.8) is 0 Å². The average Bonchev–Trinajstić information content (AvgIpc) is 2.34. The molecule has 1 saturated carbocycles. The van der Waals surface area contributed by atoms with Crippen LogP contribution in [0.25, 0.3) is 0 Å². The van der Waals surface area contributed by atoms with Crippen molar-refractivity contribution in [1.82, 2.24) is 4.90 Å². The lowest BCUT2D eigenvalue weighted by Crippen LogP contribution is -2.58. The second-order valence-corrected chi connectivity index (χ2v) is 6.34.